The number of methoxy groups -OCH3 is 1. The molecule has 4 heteroatoms. The second-order valence-corrected chi connectivity index (χ2v) is 3.60. The van der Waals surface area contributed by atoms with Crippen molar-refractivity contribution in [2.24, 2.45) is 5.92 Å². The predicted molar refractivity (Wildman–Crippen MR) is 47.3 cm³/mol. The van der Waals surface area contributed by atoms with Gasteiger partial charge in [0.15, 0.2) is 0 Å². The van der Waals surface area contributed by atoms with E-state index in [0.717, 1.165) is 19.3 Å². The molecule has 76 valence electrons. The van der Waals surface area contributed by atoms with Crippen LogP contribution in [0.3, 0.4) is 0 Å². The smallest absolute Gasteiger partial charge is 0.334 e. The lowest BCUT2D eigenvalue weighted by Crippen LogP contribution is -2.08. The van der Waals surface area contributed by atoms with Gasteiger partial charge in [-0.15, -0.1) is 0 Å². The van der Waals surface area contributed by atoms with E-state index < -0.39 is 5.97 Å². The van der Waals surface area contributed by atoms with Crippen LogP contribution in [0.25, 0.3) is 0 Å². The molecule has 2 rings (SSSR count). The van der Waals surface area contributed by atoms with Crippen molar-refractivity contribution >= 4 is 11.9 Å². The predicted octanol–water partition coefficient (Wildman–Crippen LogP) is 0.811. The van der Waals surface area contributed by atoms with Crippen molar-refractivity contribution in [3.63, 3.8) is 0 Å². The fourth-order valence-corrected chi connectivity index (χ4v) is 2.13. The lowest BCUT2D eigenvalue weighted by molar-refractivity contribution is -0.140. The Bertz CT molecular complexity index is 305. The number of rotatable bonds is 1. The van der Waals surface area contributed by atoms with E-state index in [9.17, 15) is 9.59 Å². The van der Waals surface area contributed by atoms with Crippen LogP contribution in [0, 0.1) is 5.92 Å². The molecule has 1 heterocycles. The molecule has 0 aromatic heterocycles. The Balaban J connectivity index is 2.21. The van der Waals surface area contributed by atoms with Crippen LogP contribution in [0.4, 0.5) is 0 Å². The van der Waals surface area contributed by atoms with E-state index >= 15 is 0 Å². The zero-order valence-corrected chi connectivity index (χ0v) is 7.99. The first kappa shape index (κ1) is 9.24. The Morgan fingerprint density at radius 2 is 2.36 bits per heavy atom. The lowest BCUT2D eigenvalue weighted by Gasteiger charge is -2.04. The molecule has 1 aliphatic heterocycles. The van der Waals surface area contributed by atoms with E-state index in [0.29, 0.717) is 5.57 Å². The molecule has 2 atom stereocenters. The lowest BCUT2D eigenvalue weighted by atomic mass is 9.98. The van der Waals surface area contributed by atoms with Crippen LogP contribution in [0.1, 0.15) is 19.3 Å². The quantitative estimate of drug-likeness (QED) is 0.460. The van der Waals surface area contributed by atoms with Gasteiger partial charge >= 0.3 is 11.9 Å². The van der Waals surface area contributed by atoms with Gasteiger partial charge in [0.1, 0.15) is 6.10 Å². The first-order chi connectivity index (χ1) is 6.72. The van der Waals surface area contributed by atoms with Crippen molar-refractivity contribution in [2.45, 2.75) is 25.4 Å². The Kier molecular flexibility index (Phi) is 2.27. The maximum atomic E-state index is 11.3. The minimum Gasteiger partial charge on any atom is -0.466 e. The molecule has 1 aliphatic carbocycles. The van der Waals surface area contributed by atoms with Crippen LogP contribution >= 0.6 is 0 Å². The molecule has 4 nitrogen and oxygen atoms in total. The highest BCUT2D eigenvalue weighted by Gasteiger charge is 2.43. The van der Waals surface area contributed by atoms with Gasteiger partial charge < -0.3 is 9.47 Å². The van der Waals surface area contributed by atoms with Crippen molar-refractivity contribution in [1.82, 2.24) is 0 Å². The zero-order valence-electron chi connectivity index (χ0n) is 7.99. The number of ether oxygens (including phenoxy) is 2. The summed E-state index contributed by atoms with van der Waals surface area (Å²) in [5, 5.41) is 0. The summed E-state index contributed by atoms with van der Waals surface area (Å²) in [6, 6.07) is 0. The molecule has 0 amide bonds. The van der Waals surface area contributed by atoms with Gasteiger partial charge in [-0.1, -0.05) is 0 Å². The molecule has 0 spiro atoms. The third-order valence-electron chi connectivity index (χ3n) is 2.82. The Morgan fingerprint density at radius 1 is 1.57 bits per heavy atom. The Morgan fingerprint density at radius 3 is 3.07 bits per heavy atom. The van der Waals surface area contributed by atoms with E-state index in [-0.39, 0.29) is 18.0 Å². The third kappa shape index (κ3) is 1.41. The molecule has 2 aliphatic rings. The average molecular weight is 196 g/mol. The molecule has 0 unspecified atom stereocenters. The maximum Gasteiger partial charge on any atom is 0.334 e. The standard InChI is InChI=1S/C10H12O4/c1-13-9(11)5-7-6-3-2-4-8(6)14-10(7)12/h5-6,8H,2-4H2,1H3/b7-5-/t6-,8+/m1/s1. The highest BCUT2D eigenvalue weighted by Crippen LogP contribution is 2.39. The van der Waals surface area contributed by atoms with Crippen LogP contribution in [0.2, 0.25) is 0 Å². The van der Waals surface area contributed by atoms with Crippen LogP contribution < -0.4 is 0 Å². The molecule has 14 heavy (non-hydrogen) atoms. The van der Waals surface area contributed by atoms with Gasteiger partial charge in [-0.05, 0) is 19.3 Å². The van der Waals surface area contributed by atoms with Crippen LogP contribution in [0.15, 0.2) is 11.6 Å². The number of esters is 2. The number of fused-ring (bicyclic) bond motifs is 1. The summed E-state index contributed by atoms with van der Waals surface area (Å²) in [7, 11) is 1.30. The molecule has 0 bridgehead atoms. The second-order valence-electron chi connectivity index (χ2n) is 3.60. The van der Waals surface area contributed by atoms with Crippen LogP contribution in [-0.4, -0.2) is 25.2 Å². The summed E-state index contributed by atoms with van der Waals surface area (Å²) in [5.74, 6) is -0.726. The van der Waals surface area contributed by atoms with Gasteiger partial charge in [0.25, 0.3) is 0 Å². The summed E-state index contributed by atoms with van der Waals surface area (Å²) in [4.78, 5) is 22.3. The molecular formula is C10H12O4. The molecule has 1 saturated carbocycles. The number of carbonyl (C=O) groups is 2. The van der Waals surface area contributed by atoms with E-state index in [1.807, 2.05) is 0 Å². The second kappa shape index (κ2) is 3.44. The van der Waals surface area contributed by atoms with E-state index in [4.69, 9.17) is 4.74 Å². The van der Waals surface area contributed by atoms with Crippen molar-refractivity contribution < 1.29 is 19.1 Å². The molecule has 1 saturated heterocycles. The van der Waals surface area contributed by atoms with Crippen LogP contribution in [-0.2, 0) is 19.1 Å². The van der Waals surface area contributed by atoms with Crippen molar-refractivity contribution in [2.75, 3.05) is 7.11 Å². The first-order valence-corrected chi connectivity index (χ1v) is 4.73. The summed E-state index contributed by atoms with van der Waals surface area (Å²) in [6.07, 6.45) is 4.16. The molecule has 0 aromatic carbocycles. The van der Waals surface area contributed by atoms with Crippen LogP contribution in [0.5, 0.6) is 0 Å². The largest absolute Gasteiger partial charge is 0.466 e. The molecular weight excluding hydrogens is 184 g/mol. The Hall–Kier alpha value is -1.32. The summed E-state index contributed by atoms with van der Waals surface area (Å²) >= 11 is 0. The molecule has 0 N–H and O–H groups in total. The molecule has 2 fully saturated rings. The van der Waals surface area contributed by atoms with Crippen molar-refractivity contribution in [3.8, 4) is 0 Å². The van der Waals surface area contributed by atoms with Gasteiger partial charge in [0.05, 0.1) is 12.7 Å². The van der Waals surface area contributed by atoms with Gasteiger partial charge in [0.2, 0.25) is 0 Å². The topological polar surface area (TPSA) is 52.6 Å². The zero-order chi connectivity index (χ0) is 10.1. The summed E-state index contributed by atoms with van der Waals surface area (Å²) < 4.78 is 9.61. The number of carbonyl (C=O) groups excluding carboxylic acids is 2. The normalized spacial score (nSPS) is 32.9. The van der Waals surface area contributed by atoms with E-state index in [1.165, 1.54) is 13.2 Å². The SMILES string of the molecule is COC(=O)/C=C1\C(=O)O[C@H]2CCC[C@H]12. The van der Waals surface area contributed by atoms with Gasteiger partial charge in [-0.3, -0.25) is 0 Å². The maximum absolute atomic E-state index is 11.3. The van der Waals surface area contributed by atoms with Gasteiger partial charge in [-0.2, -0.15) is 0 Å². The van der Waals surface area contributed by atoms with Crippen molar-refractivity contribution in [3.05, 3.63) is 11.6 Å². The fourth-order valence-electron chi connectivity index (χ4n) is 2.13. The monoisotopic (exact) mass is 196 g/mol. The van der Waals surface area contributed by atoms with E-state index in [1.54, 1.807) is 0 Å². The minimum atomic E-state index is -0.482. The Labute approximate surface area is 81.9 Å². The highest BCUT2D eigenvalue weighted by atomic mass is 16.6. The average Bonchev–Trinajstić information content (AvgIpc) is 2.70. The number of hydrogen-bond acceptors (Lipinski definition) is 4. The van der Waals surface area contributed by atoms with Gasteiger partial charge in [0, 0.05) is 12.0 Å². The number of hydrogen-bond donors (Lipinski definition) is 0. The van der Waals surface area contributed by atoms with Crippen molar-refractivity contribution in [1.29, 1.82) is 0 Å². The van der Waals surface area contributed by atoms with E-state index in [2.05, 4.69) is 4.74 Å². The fraction of sp³-hybridized carbons (Fsp3) is 0.600. The first-order valence-electron chi connectivity index (χ1n) is 4.73. The van der Waals surface area contributed by atoms with Gasteiger partial charge in [-0.25, -0.2) is 9.59 Å². The third-order valence-corrected chi connectivity index (χ3v) is 2.82. The molecule has 0 radical (unpaired) electrons. The summed E-state index contributed by atoms with van der Waals surface area (Å²) in [6.45, 7) is 0. The molecule has 0 aromatic rings. The highest BCUT2D eigenvalue weighted by molar-refractivity contribution is 5.98. The minimum absolute atomic E-state index is 0.00148. The summed E-state index contributed by atoms with van der Waals surface area (Å²) in [5.41, 5.74) is 0.486.